The summed E-state index contributed by atoms with van der Waals surface area (Å²) in [4.78, 5) is 12.8. The van der Waals surface area contributed by atoms with Gasteiger partial charge in [-0.15, -0.1) is 11.3 Å². The molecule has 0 fully saturated rings. The van der Waals surface area contributed by atoms with Gasteiger partial charge in [-0.25, -0.2) is 4.39 Å². The number of aryl methyl sites for hydroxylation is 1. The number of nitrogens with one attached hydrogen (secondary N) is 1. The summed E-state index contributed by atoms with van der Waals surface area (Å²) in [5.74, 6) is -0.608. The summed E-state index contributed by atoms with van der Waals surface area (Å²) >= 11 is 1.71. The van der Waals surface area contributed by atoms with Gasteiger partial charge in [0.25, 0.3) is 5.69 Å². The number of hydrogen-bond donors (Lipinski definition) is 1. The second-order valence-electron chi connectivity index (χ2n) is 4.68. The summed E-state index contributed by atoms with van der Waals surface area (Å²) in [5, 5.41) is 14.0. The molecule has 1 unspecified atom stereocenters. The molecule has 0 aliphatic heterocycles. The molecule has 6 heteroatoms. The summed E-state index contributed by atoms with van der Waals surface area (Å²) in [5.41, 5.74) is 0.108. The fourth-order valence-electron chi connectivity index (χ4n) is 1.99. The minimum Gasteiger partial charge on any atom is -0.377 e. The van der Waals surface area contributed by atoms with E-state index in [-0.39, 0.29) is 11.7 Å². The predicted octanol–water partition coefficient (Wildman–Crippen LogP) is 4.15. The topological polar surface area (TPSA) is 55.2 Å². The van der Waals surface area contributed by atoms with Crippen molar-refractivity contribution in [3.05, 3.63) is 56.0 Å². The van der Waals surface area contributed by atoms with Crippen molar-refractivity contribution in [1.29, 1.82) is 0 Å². The molecule has 1 heterocycles. The summed E-state index contributed by atoms with van der Waals surface area (Å²) in [7, 11) is 0. The van der Waals surface area contributed by atoms with Crippen LogP contribution in [-0.4, -0.2) is 11.0 Å². The highest BCUT2D eigenvalue weighted by Crippen LogP contribution is 2.26. The maximum atomic E-state index is 13.1. The van der Waals surface area contributed by atoms with E-state index in [1.807, 2.05) is 19.9 Å². The maximum Gasteiger partial charge on any atom is 0.295 e. The van der Waals surface area contributed by atoms with Gasteiger partial charge in [0, 0.05) is 22.2 Å². The van der Waals surface area contributed by atoms with Crippen LogP contribution in [0, 0.1) is 22.9 Å². The molecule has 1 N–H and O–H groups in total. The lowest BCUT2D eigenvalue weighted by atomic mass is 10.2. The van der Waals surface area contributed by atoms with Gasteiger partial charge in [-0.2, -0.15) is 0 Å². The number of nitrogens with zero attached hydrogens (tertiary/aromatic N) is 1. The van der Waals surface area contributed by atoms with Gasteiger partial charge >= 0.3 is 0 Å². The van der Waals surface area contributed by atoms with E-state index < -0.39 is 10.7 Å². The van der Waals surface area contributed by atoms with E-state index in [1.165, 1.54) is 21.9 Å². The molecule has 0 aliphatic rings. The number of rotatable bonds is 5. The van der Waals surface area contributed by atoms with Gasteiger partial charge in [-0.05, 0) is 38.1 Å². The van der Waals surface area contributed by atoms with E-state index >= 15 is 0 Å². The first-order valence-electron chi connectivity index (χ1n) is 6.21. The van der Waals surface area contributed by atoms with E-state index in [0.717, 1.165) is 12.5 Å². The van der Waals surface area contributed by atoms with Crippen LogP contribution in [0.15, 0.2) is 30.3 Å². The summed E-state index contributed by atoms with van der Waals surface area (Å²) in [6.45, 7) is 3.99. The number of thiophene rings is 1. The maximum absolute atomic E-state index is 13.1. The Labute approximate surface area is 120 Å². The highest BCUT2D eigenvalue weighted by molar-refractivity contribution is 7.11. The quantitative estimate of drug-likeness (QED) is 0.666. The summed E-state index contributed by atoms with van der Waals surface area (Å²) in [6.07, 6.45) is 0.771. The van der Waals surface area contributed by atoms with Crippen molar-refractivity contribution in [3.63, 3.8) is 0 Å². The van der Waals surface area contributed by atoms with Crippen molar-refractivity contribution in [3.8, 4) is 0 Å². The van der Waals surface area contributed by atoms with Crippen LogP contribution in [0.2, 0.25) is 0 Å². The standard InChI is InChI=1S/C14H15FN2O2S/c1-9(7-12-5-3-10(2)20-12)16-13-6-4-11(15)8-14(13)17(18)19/h3-6,8-9,16H,7H2,1-2H3. The van der Waals surface area contributed by atoms with Crippen molar-refractivity contribution in [2.75, 3.05) is 5.32 Å². The fourth-order valence-corrected chi connectivity index (χ4v) is 3.01. The third kappa shape index (κ3) is 3.54. The van der Waals surface area contributed by atoms with E-state index in [9.17, 15) is 14.5 Å². The fraction of sp³-hybridized carbons (Fsp3) is 0.286. The molecule has 0 radical (unpaired) electrons. The zero-order valence-corrected chi connectivity index (χ0v) is 12.0. The third-order valence-electron chi connectivity index (χ3n) is 2.86. The molecule has 2 rings (SSSR count). The predicted molar refractivity (Wildman–Crippen MR) is 78.9 cm³/mol. The molecule has 1 atom stereocenters. The highest BCUT2D eigenvalue weighted by atomic mass is 32.1. The van der Waals surface area contributed by atoms with E-state index in [0.29, 0.717) is 5.69 Å². The first-order valence-corrected chi connectivity index (χ1v) is 7.03. The molecule has 4 nitrogen and oxygen atoms in total. The second kappa shape index (κ2) is 6.00. The number of hydrogen-bond acceptors (Lipinski definition) is 4. The second-order valence-corrected chi connectivity index (χ2v) is 6.05. The molecule has 0 saturated heterocycles. The van der Waals surface area contributed by atoms with Crippen molar-refractivity contribution in [1.82, 2.24) is 0 Å². The van der Waals surface area contributed by atoms with Crippen LogP contribution in [0.3, 0.4) is 0 Å². The zero-order valence-electron chi connectivity index (χ0n) is 11.2. The molecule has 0 bridgehead atoms. The number of halogens is 1. The monoisotopic (exact) mass is 294 g/mol. The Kier molecular flexibility index (Phi) is 4.34. The van der Waals surface area contributed by atoms with Crippen molar-refractivity contribution >= 4 is 22.7 Å². The molecule has 0 aliphatic carbocycles. The smallest absolute Gasteiger partial charge is 0.295 e. The zero-order chi connectivity index (χ0) is 14.7. The van der Waals surface area contributed by atoms with Gasteiger partial charge in [0.15, 0.2) is 0 Å². The first kappa shape index (κ1) is 14.5. The van der Waals surface area contributed by atoms with Crippen LogP contribution in [0.4, 0.5) is 15.8 Å². The summed E-state index contributed by atoms with van der Waals surface area (Å²) < 4.78 is 13.1. The number of anilines is 1. The van der Waals surface area contributed by atoms with Crippen LogP contribution in [-0.2, 0) is 6.42 Å². The Hall–Kier alpha value is -1.95. The van der Waals surface area contributed by atoms with Crippen LogP contribution in [0.25, 0.3) is 0 Å². The highest BCUT2D eigenvalue weighted by Gasteiger charge is 2.16. The Morgan fingerprint density at radius 3 is 2.75 bits per heavy atom. The molecule has 1 aromatic heterocycles. The molecule has 0 spiro atoms. The van der Waals surface area contributed by atoms with Crippen LogP contribution < -0.4 is 5.32 Å². The van der Waals surface area contributed by atoms with Gasteiger partial charge in [0.2, 0.25) is 0 Å². The van der Waals surface area contributed by atoms with E-state index in [4.69, 9.17) is 0 Å². The van der Waals surface area contributed by atoms with Gasteiger partial charge in [0.1, 0.15) is 11.5 Å². The van der Waals surface area contributed by atoms with E-state index in [2.05, 4.69) is 11.4 Å². The van der Waals surface area contributed by atoms with Crippen molar-refractivity contribution < 1.29 is 9.31 Å². The largest absolute Gasteiger partial charge is 0.377 e. The van der Waals surface area contributed by atoms with Crippen molar-refractivity contribution in [2.45, 2.75) is 26.3 Å². The SMILES string of the molecule is Cc1ccc(CC(C)Nc2ccc(F)cc2[N+](=O)[O-])s1. The lowest BCUT2D eigenvalue weighted by Gasteiger charge is -2.14. The molecule has 106 valence electrons. The van der Waals surface area contributed by atoms with Gasteiger partial charge in [-0.3, -0.25) is 10.1 Å². The molecular formula is C14H15FN2O2S. The Morgan fingerprint density at radius 1 is 1.40 bits per heavy atom. The Bertz CT molecular complexity index is 627. The van der Waals surface area contributed by atoms with Gasteiger partial charge in [0.05, 0.1) is 11.0 Å². The number of nitro groups is 1. The van der Waals surface area contributed by atoms with Gasteiger partial charge < -0.3 is 5.32 Å². The average Bonchev–Trinajstić information content (AvgIpc) is 2.76. The number of benzene rings is 1. The Balaban J connectivity index is 2.11. The number of nitro benzene ring substituents is 1. The lowest BCUT2D eigenvalue weighted by molar-refractivity contribution is -0.384. The van der Waals surface area contributed by atoms with Crippen LogP contribution in [0.5, 0.6) is 0 Å². The normalized spacial score (nSPS) is 12.2. The molecule has 2 aromatic rings. The van der Waals surface area contributed by atoms with Gasteiger partial charge in [-0.1, -0.05) is 0 Å². The molecule has 20 heavy (non-hydrogen) atoms. The molecule has 0 amide bonds. The van der Waals surface area contributed by atoms with Crippen LogP contribution >= 0.6 is 11.3 Å². The molecule has 1 aromatic carbocycles. The summed E-state index contributed by atoms with van der Waals surface area (Å²) in [6, 6.07) is 7.69. The molecule has 0 saturated carbocycles. The van der Waals surface area contributed by atoms with E-state index in [1.54, 1.807) is 11.3 Å². The molecular weight excluding hydrogens is 279 g/mol. The minimum atomic E-state index is -0.608. The minimum absolute atomic E-state index is 0.0252. The average molecular weight is 294 g/mol. The first-order chi connectivity index (χ1) is 9.45. The van der Waals surface area contributed by atoms with Crippen molar-refractivity contribution in [2.24, 2.45) is 0 Å². The lowest BCUT2D eigenvalue weighted by Crippen LogP contribution is -2.18. The van der Waals surface area contributed by atoms with Crippen LogP contribution in [0.1, 0.15) is 16.7 Å². The Morgan fingerprint density at radius 2 is 2.15 bits per heavy atom. The third-order valence-corrected chi connectivity index (χ3v) is 3.88.